The van der Waals surface area contributed by atoms with Gasteiger partial charge >= 0.3 is 0 Å². The lowest BCUT2D eigenvalue weighted by molar-refractivity contribution is 0.760. The molecule has 0 aromatic heterocycles. The lowest BCUT2D eigenvalue weighted by atomic mass is 10.1. The number of rotatable bonds is 5. The zero-order valence-corrected chi connectivity index (χ0v) is 9.37. The van der Waals surface area contributed by atoms with Crippen molar-refractivity contribution in [3.63, 3.8) is 0 Å². The molecule has 0 amide bonds. The number of nitrogens with zero attached hydrogens (tertiary/aromatic N) is 1. The van der Waals surface area contributed by atoms with Crippen molar-refractivity contribution in [3.05, 3.63) is 23.8 Å². The van der Waals surface area contributed by atoms with Crippen molar-refractivity contribution in [3.8, 4) is 6.07 Å². The maximum absolute atomic E-state index is 8.67. The molecular formula is C13H17N3. The van der Waals surface area contributed by atoms with Crippen LogP contribution in [0.3, 0.4) is 0 Å². The minimum atomic E-state index is 0.379. The van der Waals surface area contributed by atoms with Gasteiger partial charge in [-0.2, -0.15) is 5.26 Å². The van der Waals surface area contributed by atoms with Gasteiger partial charge in [-0.05, 0) is 36.1 Å². The van der Waals surface area contributed by atoms with E-state index in [1.165, 1.54) is 19.3 Å². The Morgan fingerprint density at radius 3 is 2.94 bits per heavy atom. The van der Waals surface area contributed by atoms with E-state index in [1.54, 1.807) is 0 Å². The van der Waals surface area contributed by atoms with Gasteiger partial charge in [-0.3, -0.25) is 0 Å². The molecule has 1 aliphatic rings. The molecule has 2 rings (SSSR count). The second-order valence-corrected chi connectivity index (χ2v) is 4.41. The van der Waals surface area contributed by atoms with Gasteiger partial charge in [0.1, 0.15) is 0 Å². The summed E-state index contributed by atoms with van der Waals surface area (Å²) in [6.45, 7) is 1.01. The number of hydrogen-bond donors (Lipinski definition) is 2. The van der Waals surface area contributed by atoms with E-state index in [0.29, 0.717) is 12.1 Å². The summed E-state index contributed by atoms with van der Waals surface area (Å²) in [5.41, 5.74) is 8.47. The molecule has 84 valence electrons. The molecule has 1 aromatic carbocycles. The van der Waals surface area contributed by atoms with Crippen LogP contribution in [0.1, 0.15) is 24.8 Å². The molecule has 16 heavy (non-hydrogen) atoms. The van der Waals surface area contributed by atoms with Crippen molar-refractivity contribution >= 4 is 11.4 Å². The standard InChI is InChI=1S/C13H17N3/c14-7-5-11-9-12(3-4-13(11)15)16-8-6-10-1-2-10/h3-4,9-10,16H,1-2,5-6,8,15H2. The van der Waals surface area contributed by atoms with Crippen molar-refractivity contribution in [2.45, 2.75) is 25.7 Å². The Bertz CT molecular complexity index is 402. The van der Waals surface area contributed by atoms with Gasteiger partial charge in [0.15, 0.2) is 0 Å². The molecule has 0 bridgehead atoms. The zero-order chi connectivity index (χ0) is 11.4. The molecule has 1 saturated carbocycles. The fourth-order valence-electron chi connectivity index (χ4n) is 1.78. The molecule has 0 unspecified atom stereocenters. The van der Waals surface area contributed by atoms with Gasteiger partial charge < -0.3 is 11.1 Å². The Morgan fingerprint density at radius 2 is 2.25 bits per heavy atom. The van der Waals surface area contributed by atoms with E-state index in [1.807, 2.05) is 18.2 Å². The molecule has 0 radical (unpaired) electrons. The summed E-state index contributed by atoms with van der Waals surface area (Å²) in [6.07, 6.45) is 4.41. The number of benzene rings is 1. The number of hydrogen-bond acceptors (Lipinski definition) is 3. The maximum atomic E-state index is 8.67. The van der Waals surface area contributed by atoms with E-state index in [4.69, 9.17) is 11.0 Å². The normalized spacial score (nSPS) is 14.4. The largest absolute Gasteiger partial charge is 0.398 e. The predicted molar refractivity (Wildman–Crippen MR) is 66.0 cm³/mol. The molecule has 0 atom stereocenters. The van der Waals surface area contributed by atoms with Gasteiger partial charge in [0.05, 0.1) is 12.5 Å². The second-order valence-electron chi connectivity index (χ2n) is 4.41. The highest BCUT2D eigenvalue weighted by Gasteiger charge is 2.20. The van der Waals surface area contributed by atoms with Crippen molar-refractivity contribution < 1.29 is 0 Å². The molecule has 3 N–H and O–H groups in total. The van der Waals surface area contributed by atoms with E-state index in [0.717, 1.165) is 23.7 Å². The number of nitriles is 1. The summed E-state index contributed by atoms with van der Waals surface area (Å²) < 4.78 is 0. The van der Waals surface area contributed by atoms with Crippen molar-refractivity contribution in [1.82, 2.24) is 0 Å². The minimum Gasteiger partial charge on any atom is -0.398 e. The second kappa shape index (κ2) is 4.89. The van der Waals surface area contributed by atoms with Crippen LogP contribution >= 0.6 is 0 Å². The summed E-state index contributed by atoms with van der Waals surface area (Å²) in [7, 11) is 0. The summed E-state index contributed by atoms with van der Waals surface area (Å²) in [5, 5.41) is 12.0. The number of anilines is 2. The lowest BCUT2D eigenvalue weighted by Gasteiger charge is -2.08. The van der Waals surface area contributed by atoms with Crippen LogP contribution in [0.2, 0.25) is 0 Å². The van der Waals surface area contributed by atoms with E-state index in [-0.39, 0.29) is 0 Å². The first-order chi connectivity index (χ1) is 7.79. The first-order valence-corrected chi connectivity index (χ1v) is 5.79. The minimum absolute atomic E-state index is 0.379. The van der Waals surface area contributed by atoms with Crippen LogP contribution in [0.4, 0.5) is 11.4 Å². The summed E-state index contributed by atoms with van der Waals surface area (Å²) in [4.78, 5) is 0. The highest BCUT2D eigenvalue weighted by molar-refractivity contribution is 5.57. The van der Waals surface area contributed by atoms with Crippen LogP contribution in [0.5, 0.6) is 0 Å². The van der Waals surface area contributed by atoms with E-state index in [9.17, 15) is 0 Å². The Morgan fingerprint density at radius 1 is 1.44 bits per heavy atom. The average molecular weight is 215 g/mol. The molecule has 0 saturated heterocycles. The van der Waals surface area contributed by atoms with E-state index < -0.39 is 0 Å². The first-order valence-electron chi connectivity index (χ1n) is 5.79. The van der Waals surface area contributed by atoms with Gasteiger partial charge in [-0.1, -0.05) is 12.8 Å². The van der Waals surface area contributed by atoms with Gasteiger partial charge in [0, 0.05) is 17.9 Å². The fraction of sp³-hybridized carbons (Fsp3) is 0.462. The van der Waals surface area contributed by atoms with Gasteiger partial charge in [0.25, 0.3) is 0 Å². The first kappa shape index (κ1) is 10.8. The summed E-state index contributed by atoms with van der Waals surface area (Å²) >= 11 is 0. The molecule has 3 heteroatoms. The average Bonchev–Trinajstić information content (AvgIpc) is 3.07. The molecular weight excluding hydrogens is 198 g/mol. The SMILES string of the molecule is N#CCc1cc(NCCC2CC2)ccc1N. The molecule has 0 heterocycles. The van der Waals surface area contributed by atoms with Gasteiger partial charge in [0.2, 0.25) is 0 Å². The molecule has 1 aromatic rings. The topological polar surface area (TPSA) is 61.8 Å². The van der Waals surface area contributed by atoms with Crippen LogP contribution in [-0.2, 0) is 6.42 Å². The van der Waals surface area contributed by atoms with Crippen molar-refractivity contribution in [2.75, 3.05) is 17.6 Å². The zero-order valence-electron chi connectivity index (χ0n) is 9.37. The summed E-state index contributed by atoms with van der Waals surface area (Å²) in [6, 6.07) is 7.95. The van der Waals surface area contributed by atoms with Crippen LogP contribution in [-0.4, -0.2) is 6.54 Å². The third-order valence-corrected chi connectivity index (χ3v) is 2.99. The molecule has 1 aliphatic carbocycles. The Hall–Kier alpha value is -1.69. The van der Waals surface area contributed by atoms with Crippen molar-refractivity contribution in [1.29, 1.82) is 5.26 Å². The summed E-state index contributed by atoms with van der Waals surface area (Å²) in [5.74, 6) is 0.944. The third kappa shape index (κ3) is 2.90. The van der Waals surface area contributed by atoms with Crippen LogP contribution < -0.4 is 11.1 Å². The Kier molecular flexibility index (Phi) is 3.31. The van der Waals surface area contributed by atoms with Crippen molar-refractivity contribution in [2.24, 2.45) is 5.92 Å². The lowest BCUT2D eigenvalue weighted by Crippen LogP contribution is -2.03. The monoisotopic (exact) mass is 215 g/mol. The Balaban J connectivity index is 1.92. The quantitative estimate of drug-likeness (QED) is 0.742. The Labute approximate surface area is 96.3 Å². The number of nitrogens with two attached hydrogens (primary N) is 1. The van der Waals surface area contributed by atoms with Crippen LogP contribution in [0, 0.1) is 17.2 Å². The number of nitrogen functional groups attached to an aromatic ring is 1. The van der Waals surface area contributed by atoms with Gasteiger partial charge in [-0.25, -0.2) is 0 Å². The maximum Gasteiger partial charge on any atom is 0.0670 e. The smallest absolute Gasteiger partial charge is 0.0670 e. The molecule has 1 fully saturated rings. The highest BCUT2D eigenvalue weighted by atomic mass is 14.9. The van der Waals surface area contributed by atoms with E-state index in [2.05, 4.69) is 11.4 Å². The predicted octanol–water partition coefficient (Wildman–Crippen LogP) is 2.55. The fourth-order valence-corrected chi connectivity index (χ4v) is 1.78. The molecule has 0 aliphatic heterocycles. The number of nitrogens with one attached hydrogen (secondary N) is 1. The molecule has 3 nitrogen and oxygen atoms in total. The highest BCUT2D eigenvalue weighted by Crippen LogP contribution is 2.32. The van der Waals surface area contributed by atoms with Gasteiger partial charge in [-0.15, -0.1) is 0 Å². The third-order valence-electron chi connectivity index (χ3n) is 2.99. The van der Waals surface area contributed by atoms with Crippen LogP contribution in [0.25, 0.3) is 0 Å². The molecule has 0 spiro atoms. The van der Waals surface area contributed by atoms with E-state index >= 15 is 0 Å². The van der Waals surface area contributed by atoms with Crippen LogP contribution in [0.15, 0.2) is 18.2 Å².